The van der Waals surface area contributed by atoms with Crippen molar-refractivity contribution in [3.05, 3.63) is 101 Å². The van der Waals surface area contributed by atoms with Gasteiger partial charge in [0.1, 0.15) is 12.3 Å². The van der Waals surface area contributed by atoms with Gasteiger partial charge in [-0.15, -0.1) is 0 Å². The second-order valence-corrected chi connectivity index (χ2v) is 8.12. The number of amides is 1. The monoisotopic (exact) mass is 430 g/mol. The van der Waals surface area contributed by atoms with Crippen molar-refractivity contribution in [3.8, 4) is 0 Å². The zero-order valence-corrected chi connectivity index (χ0v) is 17.4. The Morgan fingerprint density at radius 3 is 2.84 bits per heavy atom. The van der Waals surface area contributed by atoms with Crippen molar-refractivity contribution < 1.29 is 4.79 Å². The Kier molecular flexibility index (Phi) is 5.25. The van der Waals surface area contributed by atoms with E-state index < -0.39 is 5.91 Å². The fraction of sp³-hybridized carbons (Fsp3) is 0.130. The second kappa shape index (κ2) is 8.35. The Balaban J connectivity index is 1.48. The van der Waals surface area contributed by atoms with Gasteiger partial charge in [0.05, 0.1) is 27.4 Å². The molecule has 3 heterocycles. The SMILES string of the molecule is NC(=O)c1cccc2c(C3NC4=C(NC=CC=C4)C(NCc4ccccc4)N3)nsc12. The van der Waals surface area contributed by atoms with Crippen molar-refractivity contribution in [1.29, 1.82) is 0 Å². The quantitative estimate of drug-likeness (QED) is 0.426. The van der Waals surface area contributed by atoms with E-state index in [0.717, 1.165) is 27.2 Å². The topological polar surface area (TPSA) is 104 Å². The first-order valence-corrected chi connectivity index (χ1v) is 10.8. The van der Waals surface area contributed by atoms with E-state index in [-0.39, 0.29) is 12.3 Å². The molecule has 5 rings (SSSR count). The zero-order valence-electron chi connectivity index (χ0n) is 16.6. The number of aromatic nitrogens is 1. The summed E-state index contributed by atoms with van der Waals surface area (Å²) in [7, 11) is 0. The number of benzene rings is 2. The summed E-state index contributed by atoms with van der Waals surface area (Å²) in [4.78, 5) is 11.8. The van der Waals surface area contributed by atoms with Gasteiger partial charge in [0.2, 0.25) is 5.91 Å². The summed E-state index contributed by atoms with van der Waals surface area (Å²) >= 11 is 1.29. The third-order valence-electron chi connectivity index (χ3n) is 5.34. The molecule has 0 saturated carbocycles. The molecule has 0 bridgehead atoms. The number of carbonyl (C=O) groups excluding carboxylic acids is 1. The minimum atomic E-state index is -0.445. The summed E-state index contributed by atoms with van der Waals surface area (Å²) in [6, 6.07) is 15.8. The number of nitrogens with one attached hydrogen (secondary N) is 4. The van der Waals surface area contributed by atoms with E-state index in [1.165, 1.54) is 17.1 Å². The van der Waals surface area contributed by atoms with Crippen molar-refractivity contribution in [2.45, 2.75) is 18.9 Å². The summed E-state index contributed by atoms with van der Waals surface area (Å²) < 4.78 is 5.48. The molecule has 2 aliphatic heterocycles. The third-order valence-corrected chi connectivity index (χ3v) is 6.25. The van der Waals surface area contributed by atoms with Crippen LogP contribution in [0.2, 0.25) is 0 Å². The van der Waals surface area contributed by atoms with Gasteiger partial charge in [-0.25, -0.2) is 0 Å². The first-order valence-electron chi connectivity index (χ1n) is 10.0. The van der Waals surface area contributed by atoms with Crippen molar-refractivity contribution in [1.82, 2.24) is 25.6 Å². The molecule has 2 aromatic carbocycles. The molecule has 2 aliphatic rings. The lowest BCUT2D eigenvalue weighted by Gasteiger charge is -2.35. The van der Waals surface area contributed by atoms with Crippen molar-refractivity contribution in [2.24, 2.45) is 5.73 Å². The number of nitrogens with zero attached hydrogens (tertiary/aromatic N) is 1. The fourth-order valence-electron chi connectivity index (χ4n) is 3.83. The summed E-state index contributed by atoms with van der Waals surface area (Å²) in [5.41, 5.74) is 10.1. The molecule has 2 unspecified atom stereocenters. The van der Waals surface area contributed by atoms with Gasteiger partial charge in [0, 0.05) is 18.1 Å². The molecule has 0 aliphatic carbocycles. The van der Waals surface area contributed by atoms with Crippen LogP contribution in [0.25, 0.3) is 10.1 Å². The van der Waals surface area contributed by atoms with Crippen LogP contribution in [-0.4, -0.2) is 16.4 Å². The van der Waals surface area contributed by atoms with Gasteiger partial charge in [-0.05, 0) is 35.3 Å². The number of nitrogens with two attached hydrogens (primary N) is 1. The van der Waals surface area contributed by atoms with Crippen LogP contribution in [0.15, 0.2) is 84.4 Å². The maximum Gasteiger partial charge on any atom is 0.250 e. The molecule has 0 saturated heterocycles. The Bertz CT molecular complexity index is 1210. The van der Waals surface area contributed by atoms with Crippen LogP contribution in [-0.2, 0) is 6.54 Å². The lowest BCUT2D eigenvalue weighted by Crippen LogP contribution is -2.55. The Morgan fingerprint density at radius 1 is 1.13 bits per heavy atom. The molecule has 1 aromatic heterocycles. The maximum atomic E-state index is 11.8. The predicted molar refractivity (Wildman–Crippen MR) is 123 cm³/mol. The van der Waals surface area contributed by atoms with E-state index in [4.69, 9.17) is 5.73 Å². The number of fused-ring (bicyclic) bond motifs is 1. The smallest absolute Gasteiger partial charge is 0.250 e. The highest BCUT2D eigenvalue weighted by atomic mass is 32.1. The highest BCUT2D eigenvalue weighted by molar-refractivity contribution is 7.13. The van der Waals surface area contributed by atoms with Crippen LogP contribution >= 0.6 is 11.5 Å². The van der Waals surface area contributed by atoms with Gasteiger partial charge in [0.15, 0.2) is 0 Å². The summed E-state index contributed by atoms with van der Waals surface area (Å²) in [5, 5.41) is 15.0. The molecule has 0 fully saturated rings. The van der Waals surface area contributed by atoms with E-state index in [0.29, 0.717) is 12.1 Å². The molecule has 6 N–H and O–H groups in total. The lowest BCUT2D eigenvalue weighted by molar-refractivity contribution is 0.100. The van der Waals surface area contributed by atoms with Crippen LogP contribution in [0.3, 0.4) is 0 Å². The molecular formula is C23H22N6OS. The van der Waals surface area contributed by atoms with Crippen molar-refractivity contribution in [2.75, 3.05) is 0 Å². The van der Waals surface area contributed by atoms with Crippen LogP contribution in [0.5, 0.6) is 0 Å². The van der Waals surface area contributed by atoms with Crippen molar-refractivity contribution in [3.63, 3.8) is 0 Å². The first kappa shape index (κ1) is 19.5. The van der Waals surface area contributed by atoms with Gasteiger partial charge >= 0.3 is 0 Å². The highest BCUT2D eigenvalue weighted by Crippen LogP contribution is 2.31. The van der Waals surface area contributed by atoms with Gasteiger partial charge in [-0.1, -0.05) is 48.5 Å². The van der Waals surface area contributed by atoms with Crippen LogP contribution in [0.1, 0.15) is 27.8 Å². The van der Waals surface area contributed by atoms with Crippen LogP contribution in [0, 0.1) is 0 Å². The largest absolute Gasteiger partial charge is 0.366 e. The molecular weight excluding hydrogens is 408 g/mol. The Labute approximate surface area is 183 Å². The van der Waals surface area contributed by atoms with E-state index in [1.54, 1.807) is 6.07 Å². The molecule has 3 aromatic rings. The van der Waals surface area contributed by atoms with E-state index in [9.17, 15) is 4.79 Å². The minimum absolute atomic E-state index is 0.134. The van der Waals surface area contributed by atoms with Gasteiger partial charge in [-0.2, -0.15) is 4.37 Å². The molecule has 156 valence electrons. The minimum Gasteiger partial charge on any atom is -0.366 e. The average molecular weight is 431 g/mol. The molecule has 2 atom stereocenters. The molecule has 0 spiro atoms. The van der Waals surface area contributed by atoms with E-state index >= 15 is 0 Å². The summed E-state index contributed by atoms with van der Waals surface area (Å²) in [6.45, 7) is 0.709. The Morgan fingerprint density at radius 2 is 2.00 bits per heavy atom. The average Bonchev–Trinajstić information content (AvgIpc) is 3.08. The summed E-state index contributed by atoms with van der Waals surface area (Å²) in [5.74, 6) is -0.445. The molecule has 8 heteroatoms. The molecule has 31 heavy (non-hydrogen) atoms. The molecule has 0 radical (unpaired) electrons. The van der Waals surface area contributed by atoms with Crippen molar-refractivity contribution >= 4 is 27.5 Å². The number of rotatable bonds is 5. The fourth-order valence-corrected chi connectivity index (χ4v) is 4.76. The standard InChI is InChI=1S/C23H22N6OS/c24-21(30)16-10-6-9-15-18(29-31-20(15)16)23-27-17-11-4-5-12-25-19(17)22(28-23)26-13-14-7-2-1-3-8-14/h1-12,22-23,25-28H,13H2,(H2,24,30). The van der Waals surface area contributed by atoms with E-state index in [1.807, 2.05) is 54.8 Å². The Hall–Kier alpha value is -3.46. The number of allylic oxidation sites excluding steroid dienone is 3. The van der Waals surface area contributed by atoms with Crippen LogP contribution < -0.4 is 27.0 Å². The van der Waals surface area contributed by atoms with Gasteiger partial charge < -0.3 is 16.4 Å². The predicted octanol–water partition coefficient (Wildman–Crippen LogP) is 2.59. The zero-order chi connectivity index (χ0) is 21.2. The lowest BCUT2D eigenvalue weighted by atomic mass is 10.1. The maximum absolute atomic E-state index is 11.8. The highest BCUT2D eigenvalue weighted by Gasteiger charge is 2.30. The summed E-state index contributed by atoms with van der Waals surface area (Å²) in [6.07, 6.45) is 7.53. The number of hydrogen-bond donors (Lipinski definition) is 5. The van der Waals surface area contributed by atoms with Crippen LogP contribution in [0.4, 0.5) is 0 Å². The number of primary amides is 1. The van der Waals surface area contributed by atoms with Gasteiger partial charge in [-0.3, -0.25) is 15.4 Å². The van der Waals surface area contributed by atoms with E-state index in [2.05, 4.69) is 37.8 Å². The van der Waals surface area contributed by atoms with Gasteiger partial charge in [0.25, 0.3) is 0 Å². The second-order valence-electron chi connectivity index (χ2n) is 7.35. The third kappa shape index (κ3) is 3.84. The number of carbonyl (C=O) groups is 1. The molecule has 7 nitrogen and oxygen atoms in total. The number of hydrogen-bond acceptors (Lipinski definition) is 7. The first-order chi connectivity index (χ1) is 15.2. The normalized spacial score (nSPS) is 20.1. The molecule has 1 amide bonds.